The monoisotopic (exact) mass is 734 g/mol. The van der Waals surface area contributed by atoms with Crippen molar-refractivity contribution in [2.24, 2.45) is 0 Å². The Hall–Kier alpha value is -7.35. The summed E-state index contributed by atoms with van der Waals surface area (Å²) in [6.45, 7) is 0. The second-order valence-corrected chi connectivity index (χ2v) is 14.8. The molecule has 0 saturated heterocycles. The van der Waals surface area contributed by atoms with Crippen molar-refractivity contribution in [3.8, 4) is 62.0 Å². The minimum atomic E-state index is 0.676. The predicted molar refractivity (Wildman–Crippen MR) is 230 cm³/mol. The molecule has 0 fully saturated rings. The molecule has 0 atom stereocenters. The summed E-state index contributed by atoms with van der Waals surface area (Å²) in [5.74, 6) is 0.676. The van der Waals surface area contributed by atoms with Crippen LogP contribution in [0.3, 0.4) is 0 Å². The highest BCUT2D eigenvalue weighted by molar-refractivity contribution is 7.25. The van der Waals surface area contributed by atoms with E-state index >= 15 is 0 Å². The van der Waals surface area contributed by atoms with Crippen LogP contribution in [-0.4, -0.2) is 29.5 Å². The quantitative estimate of drug-likeness (QED) is 0.170. The number of nitrogens with zero attached hydrogens (tertiary/aromatic N) is 6. The van der Waals surface area contributed by atoms with E-state index in [2.05, 4.69) is 138 Å². The summed E-state index contributed by atoms with van der Waals surface area (Å²) in [7, 11) is 0. The molecule has 5 heterocycles. The molecule has 0 aliphatic carbocycles. The Morgan fingerprint density at radius 3 is 1.79 bits per heavy atom. The third-order valence-corrected chi connectivity index (χ3v) is 11.5. The lowest BCUT2D eigenvalue weighted by Crippen LogP contribution is -1.98. The largest absolute Gasteiger partial charge is 0.309 e. The first kappa shape index (κ1) is 32.1. The van der Waals surface area contributed by atoms with E-state index in [0.29, 0.717) is 5.82 Å². The molecule has 11 rings (SSSR count). The maximum atomic E-state index is 5.15. The first-order chi connectivity index (χ1) is 27.7. The van der Waals surface area contributed by atoms with Gasteiger partial charge in [0, 0.05) is 55.9 Å². The third kappa shape index (κ3) is 5.44. The number of hydrogen-bond acceptors (Lipinski definition) is 6. The summed E-state index contributed by atoms with van der Waals surface area (Å²) in [6.07, 6.45) is 3.60. The molecule has 5 aromatic heterocycles. The fraction of sp³-hybridized carbons (Fsp3) is 0. The molecule has 0 unspecified atom stereocenters. The topological polar surface area (TPSA) is 69.4 Å². The summed E-state index contributed by atoms with van der Waals surface area (Å²) in [5, 5.41) is 3.50. The van der Waals surface area contributed by atoms with E-state index in [4.69, 9.17) is 24.9 Å². The SMILES string of the molecule is c1ccc(-c2cnc3sc4c(-c5ccc(-c6cc(-c7cccc(-n8c9ccccc9c9ccccc98)c7)nc(-c7ccccc7)n6)cc5)ncnc4c3c2)cc1. The van der Waals surface area contributed by atoms with Gasteiger partial charge in [0.2, 0.25) is 0 Å². The normalized spacial score (nSPS) is 11.6. The van der Waals surface area contributed by atoms with Crippen LogP contribution in [0, 0.1) is 0 Å². The van der Waals surface area contributed by atoms with Crippen LogP contribution in [0.15, 0.2) is 182 Å². The highest BCUT2D eigenvalue weighted by atomic mass is 32.1. The number of fused-ring (bicyclic) bond motifs is 6. The van der Waals surface area contributed by atoms with Crippen LogP contribution in [0.2, 0.25) is 0 Å². The average molecular weight is 735 g/mol. The molecule has 7 heteroatoms. The van der Waals surface area contributed by atoms with Gasteiger partial charge in [0.1, 0.15) is 11.2 Å². The summed E-state index contributed by atoms with van der Waals surface area (Å²) in [5.41, 5.74) is 13.1. The summed E-state index contributed by atoms with van der Waals surface area (Å²) in [4.78, 5) is 25.5. The number of hydrogen-bond donors (Lipinski definition) is 0. The van der Waals surface area contributed by atoms with Crippen LogP contribution in [0.1, 0.15) is 0 Å². The molecule has 6 aromatic carbocycles. The van der Waals surface area contributed by atoms with Gasteiger partial charge in [-0.25, -0.2) is 24.9 Å². The fourth-order valence-corrected chi connectivity index (χ4v) is 8.81. The second kappa shape index (κ2) is 13.2. The van der Waals surface area contributed by atoms with Crippen LogP contribution < -0.4 is 0 Å². The van der Waals surface area contributed by atoms with Crippen LogP contribution >= 0.6 is 11.3 Å². The summed E-state index contributed by atoms with van der Waals surface area (Å²) < 4.78 is 3.36. The molecule has 6 nitrogen and oxygen atoms in total. The maximum absolute atomic E-state index is 5.15. The first-order valence-electron chi connectivity index (χ1n) is 18.5. The summed E-state index contributed by atoms with van der Waals surface area (Å²) in [6, 6.07) is 59.1. The zero-order chi connectivity index (χ0) is 37.0. The predicted octanol–water partition coefficient (Wildman–Crippen LogP) is 12.5. The van der Waals surface area contributed by atoms with Crippen molar-refractivity contribution in [2.45, 2.75) is 0 Å². The van der Waals surface area contributed by atoms with Crippen molar-refractivity contribution in [3.05, 3.63) is 182 Å². The molecule has 11 aromatic rings. The van der Waals surface area contributed by atoms with Gasteiger partial charge in [0.15, 0.2) is 5.82 Å². The van der Waals surface area contributed by atoms with Gasteiger partial charge in [0.05, 0.1) is 38.3 Å². The second-order valence-electron chi connectivity index (χ2n) is 13.8. The van der Waals surface area contributed by atoms with Gasteiger partial charge in [-0.15, -0.1) is 11.3 Å². The van der Waals surface area contributed by atoms with Gasteiger partial charge in [-0.05, 0) is 42.0 Å². The summed E-state index contributed by atoms with van der Waals surface area (Å²) >= 11 is 1.63. The molecule has 0 saturated carbocycles. The average Bonchev–Trinajstić information content (AvgIpc) is 3.83. The lowest BCUT2D eigenvalue weighted by atomic mass is 10.0. The Labute approximate surface area is 326 Å². The number of benzene rings is 6. The Morgan fingerprint density at radius 1 is 0.429 bits per heavy atom. The number of thiophene rings is 1. The number of aromatic nitrogens is 6. The zero-order valence-electron chi connectivity index (χ0n) is 29.9. The molecule has 0 N–H and O–H groups in total. The van der Waals surface area contributed by atoms with Gasteiger partial charge < -0.3 is 4.57 Å². The van der Waals surface area contributed by atoms with Crippen LogP contribution in [0.25, 0.3) is 104 Å². The van der Waals surface area contributed by atoms with E-state index in [0.717, 1.165) is 76.6 Å². The van der Waals surface area contributed by atoms with Gasteiger partial charge in [-0.2, -0.15) is 0 Å². The Kier molecular flexibility index (Phi) is 7.57. The molecular weight excluding hydrogens is 705 g/mol. The highest BCUT2D eigenvalue weighted by Gasteiger charge is 2.17. The minimum absolute atomic E-state index is 0.676. The molecule has 0 aliphatic rings. The maximum Gasteiger partial charge on any atom is 0.160 e. The number of rotatable bonds is 6. The molecule has 0 aliphatic heterocycles. The molecule has 0 bridgehead atoms. The van der Waals surface area contributed by atoms with Crippen molar-refractivity contribution in [1.82, 2.24) is 29.5 Å². The standard InChI is InChI=1S/C49H30N6S/c1-3-12-31(13-4-1)36-27-40-46-47(56-49(40)50-29-36)45(51-30-52-46)33-24-22-32(23-25-33)41-28-42(54-48(53-41)34-14-5-2-6-15-34)35-16-11-17-37(26-35)55-43-20-9-7-18-38(43)39-19-8-10-21-44(39)55/h1-30H. The first-order valence-corrected chi connectivity index (χ1v) is 19.3. The molecule has 0 radical (unpaired) electrons. The van der Waals surface area contributed by atoms with Crippen molar-refractivity contribution in [1.29, 1.82) is 0 Å². The van der Waals surface area contributed by atoms with Crippen molar-refractivity contribution in [2.75, 3.05) is 0 Å². The van der Waals surface area contributed by atoms with Gasteiger partial charge >= 0.3 is 0 Å². The van der Waals surface area contributed by atoms with E-state index in [1.165, 1.54) is 21.8 Å². The third-order valence-electron chi connectivity index (χ3n) is 10.4. The van der Waals surface area contributed by atoms with Crippen LogP contribution in [0.5, 0.6) is 0 Å². The molecule has 0 amide bonds. The van der Waals surface area contributed by atoms with E-state index in [1.807, 2.05) is 42.6 Å². The Bertz CT molecular complexity index is 3190. The lowest BCUT2D eigenvalue weighted by molar-refractivity contribution is 1.16. The van der Waals surface area contributed by atoms with Crippen molar-refractivity contribution >= 4 is 53.6 Å². The number of para-hydroxylation sites is 2. The van der Waals surface area contributed by atoms with E-state index in [-0.39, 0.29) is 0 Å². The van der Waals surface area contributed by atoms with E-state index < -0.39 is 0 Å². The fourth-order valence-electron chi connectivity index (χ4n) is 7.72. The van der Waals surface area contributed by atoms with Crippen LogP contribution in [-0.2, 0) is 0 Å². The highest BCUT2D eigenvalue weighted by Crippen LogP contribution is 2.39. The van der Waals surface area contributed by atoms with Gasteiger partial charge in [0.25, 0.3) is 0 Å². The van der Waals surface area contributed by atoms with Gasteiger partial charge in [-0.3, -0.25) is 0 Å². The van der Waals surface area contributed by atoms with Crippen molar-refractivity contribution in [3.63, 3.8) is 0 Å². The van der Waals surface area contributed by atoms with Gasteiger partial charge in [-0.1, -0.05) is 133 Å². The molecule has 262 valence electrons. The minimum Gasteiger partial charge on any atom is -0.309 e. The molecular formula is C49H30N6S. The smallest absolute Gasteiger partial charge is 0.160 e. The Balaban J connectivity index is 1.00. The zero-order valence-corrected chi connectivity index (χ0v) is 30.7. The number of pyridine rings is 1. The molecule has 56 heavy (non-hydrogen) atoms. The Morgan fingerprint density at radius 2 is 1.05 bits per heavy atom. The lowest BCUT2D eigenvalue weighted by Gasteiger charge is -2.12. The van der Waals surface area contributed by atoms with E-state index in [9.17, 15) is 0 Å². The molecule has 0 spiro atoms. The van der Waals surface area contributed by atoms with Crippen molar-refractivity contribution < 1.29 is 0 Å². The van der Waals surface area contributed by atoms with E-state index in [1.54, 1.807) is 17.7 Å². The van der Waals surface area contributed by atoms with Crippen LogP contribution in [0.4, 0.5) is 0 Å².